The molecule has 0 aliphatic heterocycles. The van der Waals surface area contributed by atoms with Crippen molar-refractivity contribution in [1.29, 1.82) is 0 Å². The Morgan fingerprint density at radius 2 is 0.600 bits per heavy atom. The summed E-state index contributed by atoms with van der Waals surface area (Å²) in [5.74, 6) is 0. The van der Waals surface area contributed by atoms with Gasteiger partial charge < -0.3 is 0 Å². The van der Waals surface area contributed by atoms with Crippen LogP contribution in [0.1, 0.15) is 0 Å². The maximum Gasteiger partial charge on any atom is 0 e. The fraction of sp³-hybridized carbons (Fsp3) is 0. The van der Waals surface area contributed by atoms with E-state index in [-0.39, 0.29) is 77.8 Å². The van der Waals surface area contributed by atoms with E-state index in [2.05, 4.69) is 0 Å². The van der Waals surface area contributed by atoms with Gasteiger partial charge in [0.1, 0.15) is 0 Å². The zero-order chi connectivity index (χ0) is 0. The van der Waals surface area contributed by atoms with Crippen LogP contribution in [0.2, 0.25) is 0 Å². The molecule has 5 heavy (non-hydrogen) atoms. The summed E-state index contributed by atoms with van der Waals surface area (Å²) in [6, 6.07) is 0. The van der Waals surface area contributed by atoms with Gasteiger partial charge in [-0.3, -0.25) is 0 Å². The fourth-order valence-electron chi connectivity index (χ4n) is 0. The molecule has 0 radical (unpaired) electrons. The SMILES string of the molecule is Cl.Cl.Cl.[LiH].[Ti]. The third kappa shape index (κ3) is 22.7. The largest absolute Gasteiger partial charge is 0 e. The molecule has 0 heterocycles. The second-order valence-electron chi connectivity index (χ2n) is 0. The van der Waals surface area contributed by atoms with Crippen molar-refractivity contribution in [2.45, 2.75) is 0 Å². The van der Waals surface area contributed by atoms with Gasteiger partial charge in [0.25, 0.3) is 0 Å². The molecule has 0 aromatic rings. The number of hydrogen-bond acceptors (Lipinski definition) is 0. The van der Waals surface area contributed by atoms with Gasteiger partial charge in [-0.2, -0.15) is 0 Å². The third-order valence-electron chi connectivity index (χ3n) is 0. The molecule has 0 aliphatic rings. The van der Waals surface area contributed by atoms with Crippen molar-refractivity contribution in [3.63, 3.8) is 0 Å². The van der Waals surface area contributed by atoms with Crippen LogP contribution in [0.4, 0.5) is 0 Å². The van der Waals surface area contributed by atoms with E-state index in [1.165, 1.54) is 0 Å². The molecule has 0 amide bonds. The molecule has 30 valence electrons. The summed E-state index contributed by atoms with van der Waals surface area (Å²) in [6.07, 6.45) is 0. The first kappa shape index (κ1) is 57.7. The monoisotopic (exact) mass is 164 g/mol. The van der Waals surface area contributed by atoms with E-state index in [0.29, 0.717) is 0 Å². The minimum Gasteiger partial charge on any atom is 0 e. The Hall–Kier alpha value is 2.18. The van der Waals surface area contributed by atoms with E-state index in [1.54, 1.807) is 0 Å². The predicted octanol–water partition coefficient (Wildman–Crippen LogP) is 0.614. The minimum atomic E-state index is 0. The summed E-state index contributed by atoms with van der Waals surface area (Å²) in [5.41, 5.74) is 0. The molecule has 0 rings (SSSR count). The fourth-order valence-corrected chi connectivity index (χ4v) is 0. The van der Waals surface area contributed by atoms with Crippen LogP contribution in [0.3, 0.4) is 0 Å². The molecule has 0 fully saturated rings. The zero-order valence-corrected chi connectivity index (χ0v) is 5.74. The number of halogens is 3. The normalized spacial score (nSPS) is 0. The Kier molecular flexibility index (Phi) is 402. The zero-order valence-electron chi connectivity index (χ0n) is 1.72. The van der Waals surface area contributed by atoms with E-state index in [0.717, 1.165) is 0 Å². The molecule has 0 atom stereocenters. The molecular weight excluding hydrogens is 161 g/mol. The van der Waals surface area contributed by atoms with Crippen LogP contribution in [0, 0.1) is 0 Å². The average Bonchev–Trinajstić information content (AvgIpc) is 0. The Labute approximate surface area is 77.1 Å². The van der Waals surface area contributed by atoms with Crippen molar-refractivity contribution in [3.8, 4) is 0 Å². The van der Waals surface area contributed by atoms with Crippen LogP contribution in [0.5, 0.6) is 0 Å². The van der Waals surface area contributed by atoms with E-state index >= 15 is 0 Å². The molecule has 0 aromatic heterocycles. The quantitative estimate of drug-likeness (QED) is 0.461. The first-order valence-electron chi connectivity index (χ1n) is 0. The Bertz CT molecular complexity index is 6.85. The summed E-state index contributed by atoms with van der Waals surface area (Å²) in [4.78, 5) is 0. The first-order valence-corrected chi connectivity index (χ1v) is 0. The second-order valence-corrected chi connectivity index (χ2v) is 0. The predicted molar refractivity (Wildman–Crippen MR) is 28.9 cm³/mol. The van der Waals surface area contributed by atoms with Gasteiger partial charge in [0, 0.05) is 21.7 Å². The maximum atomic E-state index is 0. The molecule has 0 saturated heterocycles. The van der Waals surface area contributed by atoms with Crippen molar-refractivity contribution >= 4 is 56.1 Å². The number of hydrogen-bond donors (Lipinski definition) is 0. The first-order chi connectivity index (χ1) is 0. The van der Waals surface area contributed by atoms with E-state index < -0.39 is 0 Å². The van der Waals surface area contributed by atoms with Crippen LogP contribution < -0.4 is 0 Å². The van der Waals surface area contributed by atoms with Crippen LogP contribution in [0.15, 0.2) is 0 Å². The molecule has 0 saturated carbocycles. The van der Waals surface area contributed by atoms with Crippen molar-refractivity contribution in [1.82, 2.24) is 0 Å². The van der Waals surface area contributed by atoms with Gasteiger partial charge in [0.05, 0.1) is 0 Å². The number of rotatable bonds is 0. The summed E-state index contributed by atoms with van der Waals surface area (Å²) in [6.45, 7) is 0. The van der Waals surface area contributed by atoms with Crippen molar-refractivity contribution < 1.29 is 21.7 Å². The van der Waals surface area contributed by atoms with Crippen LogP contribution in [-0.4, -0.2) is 18.9 Å². The van der Waals surface area contributed by atoms with Crippen molar-refractivity contribution in [3.05, 3.63) is 0 Å². The molecule has 0 spiro atoms. The molecule has 0 nitrogen and oxygen atoms in total. The summed E-state index contributed by atoms with van der Waals surface area (Å²) in [5, 5.41) is 0. The third-order valence-corrected chi connectivity index (χ3v) is 0. The second kappa shape index (κ2) is 34.9. The van der Waals surface area contributed by atoms with E-state index in [9.17, 15) is 0 Å². The van der Waals surface area contributed by atoms with Gasteiger partial charge in [0.2, 0.25) is 0 Å². The minimum absolute atomic E-state index is 0. The van der Waals surface area contributed by atoms with Crippen molar-refractivity contribution in [2.75, 3.05) is 0 Å². The van der Waals surface area contributed by atoms with Gasteiger partial charge >= 0.3 is 18.9 Å². The molecule has 0 unspecified atom stereocenters. The van der Waals surface area contributed by atoms with E-state index in [4.69, 9.17) is 0 Å². The topological polar surface area (TPSA) is 0 Å². The van der Waals surface area contributed by atoms with Gasteiger partial charge in [-0.25, -0.2) is 0 Å². The molecule has 0 aromatic carbocycles. The van der Waals surface area contributed by atoms with Gasteiger partial charge in [0.15, 0.2) is 0 Å². The average molecular weight is 165 g/mol. The smallest absolute Gasteiger partial charge is 0 e. The van der Waals surface area contributed by atoms with Gasteiger partial charge in [-0.1, -0.05) is 0 Å². The summed E-state index contributed by atoms with van der Waals surface area (Å²) in [7, 11) is 0. The molecule has 0 bridgehead atoms. The Morgan fingerprint density at radius 1 is 0.600 bits per heavy atom. The van der Waals surface area contributed by atoms with Crippen molar-refractivity contribution in [2.24, 2.45) is 0 Å². The Morgan fingerprint density at radius 3 is 0.600 bits per heavy atom. The van der Waals surface area contributed by atoms with E-state index in [1.807, 2.05) is 0 Å². The summed E-state index contributed by atoms with van der Waals surface area (Å²) < 4.78 is 0. The summed E-state index contributed by atoms with van der Waals surface area (Å²) >= 11 is 0. The standard InChI is InChI=1S/3ClH.Li.Ti.H/h3*1H;;;. The maximum absolute atomic E-state index is 0. The molecular formula is H4Cl3LiTi. The van der Waals surface area contributed by atoms with Crippen LogP contribution >= 0.6 is 37.2 Å². The Balaban J connectivity index is 0. The molecule has 5 heteroatoms. The molecule has 0 aliphatic carbocycles. The van der Waals surface area contributed by atoms with Gasteiger partial charge in [-0.05, 0) is 0 Å². The molecule has 0 N–H and O–H groups in total. The van der Waals surface area contributed by atoms with Gasteiger partial charge in [-0.15, -0.1) is 37.2 Å². The van der Waals surface area contributed by atoms with Crippen LogP contribution in [-0.2, 0) is 21.7 Å². The van der Waals surface area contributed by atoms with Crippen LogP contribution in [0.25, 0.3) is 0 Å².